The van der Waals surface area contributed by atoms with Gasteiger partial charge in [0, 0.05) is 19.4 Å². The van der Waals surface area contributed by atoms with Crippen LogP contribution in [0.1, 0.15) is 25.3 Å². The molecule has 2 rings (SSSR count). The van der Waals surface area contributed by atoms with Crippen molar-refractivity contribution >= 4 is 27.3 Å². The molecular weight excluding hydrogens is 298 g/mol. The lowest BCUT2D eigenvalue weighted by atomic mass is 10.2. The fourth-order valence-electron chi connectivity index (χ4n) is 2.38. The molecule has 20 heavy (non-hydrogen) atoms. The van der Waals surface area contributed by atoms with Crippen LogP contribution in [0.5, 0.6) is 0 Å². The number of likely N-dealkylation sites (N-methyl/N-ethyl adjacent to an activating group) is 1. The summed E-state index contributed by atoms with van der Waals surface area (Å²) in [5, 5.41) is 5.00. The van der Waals surface area contributed by atoms with Gasteiger partial charge in [0.25, 0.3) is 10.0 Å². The molecule has 8 heteroatoms. The second-order valence-corrected chi connectivity index (χ2v) is 7.70. The molecule has 0 saturated heterocycles. The van der Waals surface area contributed by atoms with Gasteiger partial charge in [-0.05, 0) is 30.0 Å². The highest BCUT2D eigenvalue weighted by Crippen LogP contribution is 2.33. The summed E-state index contributed by atoms with van der Waals surface area (Å²) in [5.41, 5.74) is 5.98. The van der Waals surface area contributed by atoms with Gasteiger partial charge in [0.1, 0.15) is 4.21 Å². The van der Waals surface area contributed by atoms with E-state index in [-0.39, 0.29) is 12.6 Å². The Morgan fingerprint density at radius 3 is 3.00 bits per heavy atom. The number of nitrogens with zero attached hydrogens (tertiary/aromatic N) is 1. The van der Waals surface area contributed by atoms with E-state index >= 15 is 0 Å². The van der Waals surface area contributed by atoms with Gasteiger partial charge in [0.2, 0.25) is 5.91 Å². The number of carbonyl (C=O) groups is 1. The second-order valence-electron chi connectivity index (χ2n) is 4.70. The molecule has 0 spiro atoms. The van der Waals surface area contributed by atoms with E-state index < -0.39 is 15.9 Å². The average Bonchev–Trinajstić information content (AvgIpc) is 2.82. The lowest BCUT2D eigenvalue weighted by Crippen LogP contribution is -2.52. The molecule has 0 radical (unpaired) electrons. The van der Waals surface area contributed by atoms with Gasteiger partial charge in [-0.25, -0.2) is 8.42 Å². The number of rotatable bonds is 6. The Bertz CT molecular complexity index is 583. The summed E-state index contributed by atoms with van der Waals surface area (Å²) in [4.78, 5) is 10.8. The van der Waals surface area contributed by atoms with E-state index in [1.165, 1.54) is 15.6 Å². The van der Waals surface area contributed by atoms with Crippen molar-refractivity contribution in [2.75, 3.05) is 13.1 Å². The van der Waals surface area contributed by atoms with E-state index in [4.69, 9.17) is 5.73 Å². The number of hydrogen-bond donors (Lipinski definition) is 2. The van der Waals surface area contributed by atoms with Crippen molar-refractivity contribution in [1.29, 1.82) is 0 Å². The number of fused-ring (bicyclic) bond motifs is 1. The summed E-state index contributed by atoms with van der Waals surface area (Å²) in [7, 11) is -3.47. The molecule has 0 fully saturated rings. The third-order valence-electron chi connectivity index (χ3n) is 3.25. The molecule has 1 aliphatic rings. The maximum atomic E-state index is 12.6. The third kappa shape index (κ3) is 3.03. The van der Waals surface area contributed by atoms with Gasteiger partial charge >= 0.3 is 0 Å². The summed E-state index contributed by atoms with van der Waals surface area (Å²) < 4.78 is 27.1. The van der Waals surface area contributed by atoms with Gasteiger partial charge in [-0.2, -0.15) is 4.31 Å². The zero-order chi connectivity index (χ0) is 14.8. The fourth-order valence-corrected chi connectivity index (χ4v) is 5.53. The largest absolute Gasteiger partial charge is 0.370 e. The number of primary amides is 1. The molecule has 0 aromatic carbocycles. The summed E-state index contributed by atoms with van der Waals surface area (Å²) >= 11 is 1.25. The second kappa shape index (κ2) is 6.21. The van der Waals surface area contributed by atoms with Crippen molar-refractivity contribution in [2.45, 2.75) is 36.6 Å². The zero-order valence-corrected chi connectivity index (χ0v) is 13.0. The van der Waals surface area contributed by atoms with Gasteiger partial charge in [0.05, 0.1) is 6.17 Å². The Morgan fingerprint density at radius 2 is 2.35 bits per heavy atom. The normalized spacial score (nSPS) is 21.6. The molecule has 3 N–H and O–H groups in total. The molecule has 6 nitrogen and oxygen atoms in total. The minimum absolute atomic E-state index is 0.197. The van der Waals surface area contributed by atoms with Crippen LogP contribution >= 0.6 is 11.3 Å². The van der Waals surface area contributed by atoms with Crippen molar-refractivity contribution in [3.63, 3.8) is 0 Å². The predicted molar refractivity (Wildman–Crippen MR) is 77.8 cm³/mol. The first-order valence-electron chi connectivity index (χ1n) is 6.56. The SMILES string of the molecule is CCNC1Cc2ccsc2S(=O)(=O)N1CCCC(N)=O. The Balaban J connectivity index is 2.23. The smallest absolute Gasteiger partial charge is 0.254 e. The van der Waals surface area contributed by atoms with Gasteiger partial charge in [-0.3, -0.25) is 4.79 Å². The quantitative estimate of drug-likeness (QED) is 0.799. The highest BCUT2D eigenvalue weighted by molar-refractivity contribution is 7.91. The summed E-state index contributed by atoms with van der Waals surface area (Å²) in [6.45, 7) is 2.93. The standard InChI is InChI=1S/C12H19N3O3S2/c1-2-14-11-8-9-5-7-19-12(9)20(17,18)15(11)6-3-4-10(13)16/h5,7,11,14H,2-4,6,8H2,1H3,(H2,13,16). The Kier molecular flexibility index (Phi) is 4.79. The summed E-state index contributed by atoms with van der Waals surface area (Å²) in [6, 6.07) is 1.86. The van der Waals surface area contributed by atoms with E-state index in [1.54, 1.807) is 5.38 Å². The molecule has 1 aliphatic heterocycles. The zero-order valence-electron chi connectivity index (χ0n) is 11.3. The van der Waals surface area contributed by atoms with E-state index in [9.17, 15) is 13.2 Å². The summed E-state index contributed by atoms with van der Waals surface area (Å²) in [6.07, 6.45) is 1.04. The van der Waals surface area contributed by atoms with Crippen LogP contribution in [0.25, 0.3) is 0 Å². The molecule has 0 aliphatic carbocycles. The van der Waals surface area contributed by atoms with Crippen LogP contribution in [0.4, 0.5) is 0 Å². The molecule has 1 aromatic heterocycles. The third-order valence-corrected chi connectivity index (χ3v) is 6.71. The molecular formula is C12H19N3O3S2. The Morgan fingerprint density at radius 1 is 1.60 bits per heavy atom. The van der Waals surface area contributed by atoms with Crippen LogP contribution in [-0.4, -0.2) is 37.9 Å². The number of thiophene rings is 1. The number of sulfonamides is 1. The van der Waals surface area contributed by atoms with Crippen molar-refractivity contribution in [3.05, 3.63) is 17.0 Å². The minimum Gasteiger partial charge on any atom is -0.370 e. The Hall–Kier alpha value is -0.960. The van der Waals surface area contributed by atoms with Crippen LogP contribution in [0.15, 0.2) is 15.7 Å². The van der Waals surface area contributed by atoms with Crippen LogP contribution < -0.4 is 11.1 Å². The van der Waals surface area contributed by atoms with Crippen LogP contribution in [0.2, 0.25) is 0 Å². The molecule has 1 amide bonds. The van der Waals surface area contributed by atoms with Crippen molar-refractivity contribution in [2.24, 2.45) is 5.73 Å². The topological polar surface area (TPSA) is 92.5 Å². The van der Waals surface area contributed by atoms with Crippen molar-refractivity contribution in [1.82, 2.24) is 9.62 Å². The van der Waals surface area contributed by atoms with Gasteiger partial charge in [0.15, 0.2) is 0 Å². The highest BCUT2D eigenvalue weighted by Gasteiger charge is 2.38. The lowest BCUT2D eigenvalue weighted by molar-refractivity contribution is -0.118. The number of carbonyl (C=O) groups excluding carboxylic acids is 1. The number of hydrogen-bond acceptors (Lipinski definition) is 5. The molecule has 1 atom stereocenters. The molecule has 112 valence electrons. The Labute approximate surface area is 123 Å². The van der Waals surface area contributed by atoms with E-state index in [1.807, 2.05) is 13.0 Å². The highest BCUT2D eigenvalue weighted by atomic mass is 32.2. The van der Waals surface area contributed by atoms with Gasteiger partial charge < -0.3 is 11.1 Å². The first kappa shape index (κ1) is 15.4. The van der Waals surface area contributed by atoms with Gasteiger partial charge in [-0.1, -0.05) is 6.92 Å². The van der Waals surface area contributed by atoms with Crippen molar-refractivity contribution < 1.29 is 13.2 Å². The first-order chi connectivity index (χ1) is 9.46. The van der Waals surface area contributed by atoms with Crippen LogP contribution in [0, 0.1) is 0 Å². The van der Waals surface area contributed by atoms with Crippen LogP contribution in [0.3, 0.4) is 0 Å². The molecule has 2 heterocycles. The lowest BCUT2D eigenvalue weighted by Gasteiger charge is -2.34. The molecule has 0 saturated carbocycles. The monoisotopic (exact) mass is 317 g/mol. The first-order valence-corrected chi connectivity index (χ1v) is 8.88. The van der Waals surface area contributed by atoms with E-state index in [0.29, 0.717) is 30.1 Å². The number of nitrogens with one attached hydrogen (secondary N) is 1. The maximum absolute atomic E-state index is 12.6. The molecule has 0 bridgehead atoms. The number of amides is 1. The summed E-state index contributed by atoms with van der Waals surface area (Å²) in [5.74, 6) is -0.406. The number of nitrogens with two attached hydrogens (primary N) is 1. The average molecular weight is 317 g/mol. The van der Waals surface area contributed by atoms with Crippen molar-refractivity contribution in [3.8, 4) is 0 Å². The fraction of sp³-hybridized carbons (Fsp3) is 0.583. The maximum Gasteiger partial charge on any atom is 0.254 e. The van der Waals surface area contributed by atoms with E-state index in [2.05, 4.69) is 5.32 Å². The van der Waals surface area contributed by atoms with E-state index in [0.717, 1.165) is 5.56 Å². The predicted octanol–water partition coefficient (Wildman–Crippen LogP) is 0.496. The molecule has 1 unspecified atom stereocenters. The minimum atomic E-state index is -3.47. The van der Waals surface area contributed by atoms with Crippen LogP contribution in [-0.2, 0) is 21.2 Å². The molecule has 1 aromatic rings. The van der Waals surface area contributed by atoms with Gasteiger partial charge in [-0.15, -0.1) is 11.3 Å².